The first-order valence-corrected chi connectivity index (χ1v) is 11.1. The average Bonchev–Trinajstić information content (AvgIpc) is 2.69. The summed E-state index contributed by atoms with van der Waals surface area (Å²) >= 11 is 0. The SMILES string of the molecule is CCOCC(=O)OCC(=O)N1CCN(S(=O)(=O)c2c(C)c(C)cc(C)c2C)CC1. The van der Waals surface area contributed by atoms with Crippen molar-refractivity contribution in [2.45, 2.75) is 39.5 Å². The maximum Gasteiger partial charge on any atom is 0.332 e. The molecule has 0 atom stereocenters. The molecule has 1 aromatic rings. The predicted octanol–water partition coefficient (Wildman–Crippen LogP) is 1.33. The normalized spacial score (nSPS) is 15.4. The minimum atomic E-state index is -3.66. The topological polar surface area (TPSA) is 93.2 Å². The van der Waals surface area contributed by atoms with Crippen molar-refractivity contribution in [2.75, 3.05) is 46.0 Å². The van der Waals surface area contributed by atoms with Crippen LogP contribution in [0.3, 0.4) is 0 Å². The maximum absolute atomic E-state index is 13.3. The Bertz CT molecular complexity index is 847. The largest absolute Gasteiger partial charge is 0.454 e. The van der Waals surface area contributed by atoms with Gasteiger partial charge in [0.2, 0.25) is 10.0 Å². The molecule has 1 aromatic carbocycles. The van der Waals surface area contributed by atoms with E-state index in [0.29, 0.717) is 11.5 Å². The molecule has 1 heterocycles. The Labute approximate surface area is 172 Å². The monoisotopic (exact) mass is 426 g/mol. The van der Waals surface area contributed by atoms with Crippen LogP contribution in [-0.2, 0) is 29.1 Å². The summed E-state index contributed by atoms with van der Waals surface area (Å²) in [4.78, 5) is 25.6. The fourth-order valence-corrected chi connectivity index (χ4v) is 5.33. The van der Waals surface area contributed by atoms with Crippen LogP contribution in [-0.4, -0.2) is 75.5 Å². The smallest absolute Gasteiger partial charge is 0.332 e. The fraction of sp³-hybridized carbons (Fsp3) is 0.600. The van der Waals surface area contributed by atoms with E-state index in [1.807, 2.05) is 33.8 Å². The van der Waals surface area contributed by atoms with Gasteiger partial charge in [-0.3, -0.25) is 4.79 Å². The van der Waals surface area contributed by atoms with Gasteiger partial charge in [-0.2, -0.15) is 4.31 Å². The van der Waals surface area contributed by atoms with Crippen LogP contribution in [0.25, 0.3) is 0 Å². The number of carbonyl (C=O) groups excluding carboxylic acids is 2. The lowest BCUT2D eigenvalue weighted by atomic mass is 10.0. The summed E-state index contributed by atoms with van der Waals surface area (Å²) in [6, 6.07) is 1.99. The van der Waals surface area contributed by atoms with Gasteiger partial charge in [0.05, 0.1) is 4.90 Å². The number of amides is 1. The molecule has 1 aliphatic heterocycles. The van der Waals surface area contributed by atoms with Gasteiger partial charge in [0.15, 0.2) is 6.61 Å². The minimum absolute atomic E-state index is 0.190. The maximum atomic E-state index is 13.3. The van der Waals surface area contributed by atoms with E-state index in [-0.39, 0.29) is 45.3 Å². The van der Waals surface area contributed by atoms with Crippen molar-refractivity contribution < 1.29 is 27.5 Å². The minimum Gasteiger partial charge on any atom is -0.454 e. The molecule has 1 aliphatic rings. The summed E-state index contributed by atoms with van der Waals surface area (Å²) in [6.07, 6.45) is 0. The van der Waals surface area contributed by atoms with Crippen LogP contribution in [0.2, 0.25) is 0 Å². The van der Waals surface area contributed by atoms with E-state index in [4.69, 9.17) is 9.47 Å². The predicted molar refractivity (Wildman–Crippen MR) is 108 cm³/mol. The first-order valence-electron chi connectivity index (χ1n) is 9.68. The van der Waals surface area contributed by atoms with Crippen LogP contribution < -0.4 is 0 Å². The summed E-state index contributed by atoms with van der Waals surface area (Å²) in [7, 11) is -3.66. The molecular weight excluding hydrogens is 396 g/mol. The zero-order valence-corrected chi connectivity index (χ0v) is 18.6. The van der Waals surface area contributed by atoms with E-state index in [1.54, 1.807) is 6.92 Å². The van der Waals surface area contributed by atoms with Crippen molar-refractivity contribution in [1.82, 2.24) is 9.21 Å². The van der Waals surface area contributed by atoms with Crippen LogP contribution in [0.5, 0.6) is 0 Å². The number of hydrogen-bond acceptors (Lipinski definition) is 6. The van der Waals surface area contributed by atoms with Gasteiger partial charge >= 0.3 is 5.97 Å². The van der Waals surface area contributed by atoms with E-state index in [2.05, 4.69) is 0 Å². The highest BCUT2D eigenvalue weighted by molar-refractivity contribution is 7.89. The van der Waals surface area contributed by atoms with Gasteiger partial charge in [-0.15, -0.1) is 0 Å². The quantitative estimate of drug-likeness (QED) is 0.611. The Balaban J connectivity index is 2.02. The Kier molecular flexibility index (Phi) is 7.79. The molecule has 0 radical (unpaired) electrons. The van der Waals surface area contributed by atoms with Gasteiger partial charge in [-0.05, 0) is 56.9 Å². The molecule has 1 saturated heterocycles. The molecule has 29 heavy (non-hydrogen) atoms. The van der Waals surface area contributed by atoms with Crippen molar-refractivity contribution in [1.29, 1.82) is 0 Å². The van der Waals surface area contributed by atoms with Crippen molar-refractivity contribution in [3.05, 3.63) is 28.3 Å². The Hall–Kier alpha value is -1.97. The van der Waals surface area contributed by atoms with E-state index >= 15 is 0 Å². The zero-order valence-electron chi connectivity index (χ0n) is 17.8. The number of nitrogens with zero attached hydrogens (tertiary/aromatic N) is 2. The first-order chi connectivity index (χ1) is 13.6. The second-order valence-electron chi connectivity index (χ2n) is 7.17. The lowest BCUT2D eigenvalue weighted by Gasteiger charge is -2.34. The van der Waals surface area contributed by atoms with Crippen LogP contribution in [0.4, 0.5) is 0 Å². The summed E-state index contributed by atoms with van der Waals surface area (Å²) in [5, 5.41) is 0. The molecule has 9 heteroatoms. The second-order valence-corrected chi connectivity index (χ2v) is 9.05. The fourth-order valence-electron chi connectivity index (χ4n) is 3.34. The van der Waals surface area contributed by atoms with Crippen LogP contribution in [0.1, 0.15) is 29.2 Å². The number of hydrogen-bond donors (Lipinski definition) is 0. The standard InChI is InChI=1S/C20H30N2O6S/c1-6-27-13-19(24)28-12-18(23)21-7-9-22(10-8-21)29(25,26)20-16(4)14(2)11-15(3)17(20)5/h11H,6-10,12-13H2,1-5H3. The molecule has 1 amide bonds. The van der Waals surface area contributed by atoms with Gasteiger partial charge < -0.3 is 14.4 Å². The van der Waals surface area contributed by atoms with E-state index in [9.17, 15) is 18.0 Å². The van der Waals surface area contributed by atoms with Gasteiger partial charge in [-0.1, -0.05) is 6.07 Å². The van der Waals surface area contributed by atoms with Gasteiger partial charge in [0, 0.05) is 32.8 Å². The number of piperazine rings is 1. The van der Waals surface area contributed by atoms with Gasteiger partial charge in [0.25, 0.3) is 5.91 Å². The molecule has 0 saturated carbocycles. The molecule has 2 rings (SSSR count). The summed E-state index contributed by atoms with van der Waals surface area (Å²) in [5.74, 6) is -0.937. The van der Waals surface area contributed by atoms with E-state index < -0.39 is 16.0 Å². The molecule has 0 spiro atoms. The van der Waals surface area contributed by atoms with Crippen LogP contribution >= 0.6 is 0 Å². The van der Waals surface area contributed by atoms with Crippen molar-refractivity contribution >= 4 is 21.9 Å². The molecule has 8 nitrogen and oxygen atoms in total. The van der Waals surface area contributed by atoms with Crippen molar-refractivity contribution in [3.8, 4) is 0 Å². The van der Waals surface area contributed by atoms with Crippen LogP contribution in [0, 0.1) is 27.7 Å². The molecule has 1 fully saturated rings. The Morgan fingerprint density at radius 1 is 0.966 bits per heavy atom. The lowest BCUT2D eigenvalue weighted by Crippen LogP contribution is -2.51. The highest BCUT2D eigenvalue weighted by Gasteiger charge is 2.33. The third kappa shape index (κ3) is 5.34. The first kappa shape index (κ1) is 23.3. The summed E-state index contributed by atoms with van der Waals surface area (Å²) in [6.45, 7) is 9.96. The number of sulfonamides is 1. The molecular formula is C20H30N2O6S. The number of benzene rings is 1. The Morgan fingerprint density at radius 3 is 2.03 bits per heavy atom. The molecule has 0 unspecified atom stereocenters. The Morgan fingerprint density at radius 2 is 1.52 bits per heavy atom. The highest BCUT2D eigenvalue weighted by atomic mass is 32.2. The van der Waals surface area contributed by atoms with Gasteiger partial charge in [-0.25, -0.2) is 13.2 Å². The second kappa shape index (κ2) is 9.69. The van der Waals surface area contributed by atoms with E-state index in [0.717, 1.165) is 22.3 Å². The summed E-state index contributed by atoms with van der Waals surface area (Å²) < 4.78 is 37.8. The number of carbonyl (C=O) groups is 2. The van der Waals surface area contributed by atoms with Crippen LogP contribution in [0.15, 0.2) is 11.0 Å². The number of aryl methyl sites for hydroxylation is 2. The lowest BCUT2D eigenvalue weighted by molar-refractivity contribution is -0.156. The average molecular weight is 427 g/mol. The summed E-state index contributed by atoms with van der Waals surface area (Å²) in [5.41, 5.74) is 3.39. The third-order valence-electron chi connectivity index (χ3n) is 5.27. The van der Waals surface area contributed by atoms with Crippen molar-refractivity contribution in [2.24, 2.45) is 0 Å². The molecule has 0 N–H and O–H groups in total. The number of ether oxygens (including phenoxy) is 2. The van der Waals surface area contributed by atoms with Crippen molar-refractivity contribution in [3.63, 3.8) is 0 Å². The molecule has 0 bridgehead atoms. The molecule has 0 aliphatic carbocycles. The zero-order chi connectivity index (χ0) is 21.8. The molecule has 162 valence electrons. The third-order valence-corrected chi connectivity index (χ3v) is 7.44. The van der Waals surface area contributed by atoms with Gasteiger partial charge in [0.1, 0.15) is 6.61 Å². The van der Waals surface area contributed by atoms with E-state index in [1.165, 1.54) is 9.21 Å². The number of rotatable bonds is 7. The number of esters is 1. The highest BCUT2D eigenvalue weighted by Crippen LogP contribution is 2.29. The molecule has 0 aromatic heterocycles.